The van der Waals surface area contributed by atoms with Gasteiger partial charge in [-0.1, -0.05) is 44.7 Å². The van der Waals surface area contributed by atoms with Gasteiger partial charge in [-0.05, 0) is 49.1 Å². The van der Waals surface area contributed by atoms with Gasteiger partial charge in [-0.3, -0.25) is 0 Å². The Morgan fingerprint density at radius 1 is 1.08 bits per heavy atom. The largest absolute Gasteiger partial charge is 0.313 e. The molecule has 25 heavy (non-hydrogen) atoms. The molecule has 0 aliphatic heterocycles. The quantitative estimate of drug-likeness (QED) is 0.567. The molecule has 132 valence electrons. The summed E-state index contributed by atoms with van der Waals surface area (Å²) in [6.07, 6.45) is 9.91. The summed E-state index contributed by atoms with van der Waals surface area (Å²) in [5, 5.41) is 0. The minimum Gasteiger partial charge on any atom is -0.313 e. The standard InChI is InChI=1S/C21H24F2N2/c1-16(10-11-17-6-3-2-4-7-17)25(19-9-5-8-18(22)14-19)20-12-13-21(23)24-15-20/h5,8-9,12-15,17H,1-4,6-7,10-11H2. The number of rotatable bonds is 6. The van der Waals surface area contributed by atoms with Crippen molar-refractivity contribution in [1.82, 2.24) is 4.98 Å². The first-order chi connectivity index (χ1) is 12.1. The first-order valence-electron chi connectivity index (χ1n) is 8.98. The summed E-state index contributed by atoms with van der Waals surface area (Å²) in [4.78, 5) is 5.61. The number of aromatic nitrogens is 1. The number of hydrogen-bond acceptors (Lipinski definition) is 2. The van der Waals surface area contributed by atoms with Crippen molar-refractivity contribution < 1.29 is 8.78 Å². The molecule has 2 aromatic rings. The zero-order chi connectivity index (χ0) is 17.6. The minimum absolute atomic E-state index is 0.308. The smallest absolute Gasteiger partial charge is 0.212 e. The fourth-order valence-corrected chi connectivity index (χ4v) is 3.59. The Hall–Kier alpha value is -2.23. The van der Waals surface area contributed by atoms with Crippen LogP contribution in [0.1, 0.15) is 44.9 Å². The molecule has 0 amide bonds. The van der Waals surface area contributed by atoms with Gasteiger partial charge in [-0.25, -0.2) is 9.37 Å². The third-order valence-electron chi connectivity index (χ3n) is 4.92. The Morgan fingerprint density at radius 3 is 2.56 bits per heavy atom. The minimum atomic E-state index is -0.532. The SMILES string of the molecule is C=C(CCC1CCCCC1)N(c1ccc(F)nc1)c1cccc(F)c1. The number of halogens is 2. The number of allylic oxidation sites excluding steroid dienone is 1. The second kappa shape index (κ2) is 8.24. The van der Waals surface area contributed by atoms with Gasteiger partial charge in [-0.15, -0.1) is 0 Å². The maximum atomic E-state index is 13.7. The zero-order valence-corrected chi connectivity index (χ0v) is 14.4. The van der Waals surface area contributed by atoms with Crippen LogP contribution in [-0.2, 0) is 0 Å². The van der Waals surface area contributed by atoms with E-state index in [0.717, 1.165) is 24.5 Å². The van der Waals surface area contributed by atoms with E-state index in [2.05, 4.69) is 11.6 Å². The van der Waals surface area contributed by atoms with Crippen molar-refractivity contribution in [3.05, 3.63) is 66.6 Å². The summed E-state index contributed by atoms with van der Waals surface area (Å²) in [5.41, 5.74) is 2.26. The molecule has 0 saturated heterocycles. The van der Waals surface area contributed by atoms with Crippen LogP contribution in [0, 0.1) is 17.7 Å². The molecule has 0 atom stereocenters. The third kappa shape index (κ3) is 4.65. The van der Waals surface area contributed by atoms with Crippen molar-refractivity contribution in [2.24, 2.45) is 5.92 Å². The highest BCUT2D eigenvalue weighted by molar-refractivity contribution is 5.67. The third-order valence-corrected chi connectivity index (χ3v) is 4.92. The van der Waals surface area contributed by atoms with Crippen LogP contribution >= 0.6 is 0 Å². The maximum absolute atomic E-state index is 13.7. The Labute approximate surface area is 148 Å². The summed E-state index contributed by atoms with van der Waals surface area (Å²) >= 11 is 0. The van der Waals surface area contributed by atoms with Crippen molar-refractivity contribution in [1.29, 1.82) is 0 Å². The molecule has 1 aromatic heterocycles. The van der Waals surface area contributed by atoms with Gasteiger partial charge in [0.1, 0.15) is 5.82 Å². The fraction of sp³-hybridized carbons (Fsp3) is 0.381. The lowest BCUT2D eigenvalue weighted by Crippen LogP contribution is -2.17. The number of hydrogen-bond donors (Lipinski definition) is 0. The number of nitrogens with zero attached hydrogens (tertiary/aromatic N) is 2. The van der Waals surface area contributed by atoms with Gasteiger partial charge in [0.25, 0.3) is 0 Å². The molecule has 0 unspecified atom stereocenters. The van der Waals surface area contributed by atoms with Crippen LogP contribution < -0.4 is 4.90 Å². The van der Waals surface area contributed by atoms with E-state index in [0.29, 0.717) is 11.4 Å². The molecule has 1 aliphatic rings. The van der Waals surface area contributed by atoms with Crippen molar-refractivity contribution in [2.75, 3.05) is 4.90 Å². The summed E-state index contributed by atoms with van der Waals surface area (Å²) in [5.74, 6) is -0.0976. The van der Waals surface area contributed by atoms with Crippen LogP contribution in [0.2, 0.25) is 0 Å². The Morgan fingerprint density at radius 2 is 1.88 bits per heavy atom. The normalized spacial score (nSPS) is 15.1. The summed E-state index contributed by atoms with van der Waals surface area (Å²) in [6, 6.07) is 9.35. The van der Waals surface area contributed by atoms with E-state index in [1.54, 1.807) is 12.1 Å². The van der Waals surface area contributed by atoms with Crippen molar-refractivity contribution >= 4 is 11.4 Å². The topological polar surface area (TPSA) is 16.1 Å². The molecule has 1 fully saturated rings. The maximum Gasteiger partial charge on any atom is 0.212 e. The fourth-order valence-electron chi connectivity index (χ4n) is 3.59. The lowest BCUT2D eigenvalue weighted by atomic mass is 9.86. The van der Waals surface area contributed by atoms with Gasteiger partial charge >= 0.3 is 0 Å². The van der Waals surface area contributed by atoms with Gasteiger partial charge in [0.2, 0.25) is 5.95 Å². The van der Waals surface area contributed by atoms with E-state index in [-0.39, 0.29) is 5.82 Å². The van der Waals surface area contributed by atoms with Crippen LogP contribution in [0.4, 0.5) is 20.2 Å². The summed E-state index contributed by atoms with van der Waals surface area (Å²) < 4.78 is 26.9. The highest BCUT2D eigenvalue weighted by Crippen LogP contribution is 2.34. The van der Waals surface area contributed by atoms with Crippen LogP contribution in [-0.4, -0.2) is 4.98 Å². The predicted molar refractivity (Wildman–Crippen MR) is 97.7 cm³/mol. The molecule has 1 saturated carbocycles. The number of pyridine rings is 1. The second-order valence-corrected chi connectivity index (χ2v) is 6.76. The molecule has 1 aliphatic carbocycles. The zero-order valence-electron chi connectivity index (χ0n) is 14.4. The lowest BCUT2D eigenvalue weighted by Gasteiger charge is -2.29. The van der Waals surface area contributed by atoms with Gasteiger partial charge in [0.15, 0.2) is 0 Å². The average molecular weight is 342 g/mol. The average Bonchev–Trinajstić information content (AvgIpc) is 2.63. The molecule has 3 rings (SSSR count). The molecule has 2 nitrogen and oxygen atoms in total. The summed E-state index contributed by atoms with van der Waals surface area (Å²) in [6.45, 7) is 4.23. The lowest BCUT2D eigenvalue weighted by molar-refractivity contribution is 0.339. The van der Waals surface area contributed by atoms with E-state index < -0.39 is 5.95 Å². The molecule has 0 spiro atoms. The molecular formula is C21H24F2N2. The monoisotopic (exact) mass is 342 g/mol. The first kappa shape index (κ1) is 17.6. The van der Waals surface area contributed by atoms with Crippen molar-refractivity contribution in [2.45, 2.75) is 44.9 Å². The van der Waals surface area contributed by atoms with E-state index in [9.17, 15) is 8.78 Å². The van der Waals surface area contributed by atoms with Gasteiger partial charge in [-0.2, -0.15) is 4.39 Å². The van der Waals surface area contributed by atoms with Crippen LogP contribution in [0.25, 0.3) is 0 Å². The second-order valence-electron chi connectivity index (χ2n) is 6.76. The number of benzene rings is 1. The summed E-state index contributed by atoms with van der Waals surface area (Å²) in [7, 11) is 0. The molecule has 1 aromatic carbocycles. The first-order valence-corrected chi connectivity index (χ1v) is 8.98. The van der Waals surface area contributed by atoms with E-state index in [1.165, 1.54) is 56.5 Å². The van der Waals surface area contributed by atoms with E-state index >= 15 is 0 Å². The van der Waals surface area contributed by atoms with Crippen molar-refractivity contribution in [3.8, 4) is 0 Å². The van der Waals surface area contributed by atoms with E-state index in [1.807, 2.05) is 11.0 Å². The predicted octanol–water partition coefficient (Wildman–Crippen LogP) is 6.37. The van der Waals surface area contributed by atoms with E-state index in [4.69, 9.17) is 0 Å². The highest BCUT2D eigenvalue weighted by Gasteiger charge is 2.18. The van der Waals surface area contributed by atoms with Crippen molar-refractivity contribution in [3.63, 3.8) is 0 Å². The molecule has 0 N–H and O–H groups in total. The van der Waals surface area contributed by atoms with Gasteiger partial charge < -0.3 is 4.90 Å². The number of anilines is 2. The van der Waals surface area contributed by atoms with Gasteiger partial charge in [0, 0.05) is 11.4 Å². The molecule has 0 radical (unpaired) electrons. The molecular weight excluding hydrogens is 318 g/mol. The van der Waals surface area contributed by atoms with Crippen LogP contribution in [0.3, 0.4) is 0 Å². The highest BCUT2D eigenvalue weighted by atomic mass is 19.1. The Bertz CT molecular complexity index is 706. The molecule has 4 heteroatoms. The van der Waals surface area contributed by atoms with Crippen LogP contribution in [0.15, 0.2) is 54.9 Å². The molecule has 1 heterocycles. The molecule has 0 bridgehead atoms. The Balaban J connectivity index is 1.80. The van der Waals surface area contributed by atoms with Crippen LogP contribution in [0.5, 0.6) is 0 Å². The van der Waals surface area contributed by atoms with Gasteiger partial charge in [0.05, 0.1) is 11.9 Å². The Kier molecular flexibility index (Phi) is 5.79.